The van der Waals surface area contributed by atoms with Gasteiger partial charge in [-0.3, -0.25) is 10.1 Å². The fourth-order valence-electron chi connectivity index (χ4n) is 3.75. The Morgan fingerprint density at radius 2 is 1.71 bits per heavy atom. The molecule has 0 fully saturated rings. The monoisotopic (exact) mass is 499 g/mol. The molecule has 10 heteroatoms. The number of nitro benzene ring substituents is 1. The van der Waals surface area contributed by atoms with Crippen molar-refractivity contribution >= 4 is 29.0 Å². The first kappa shape index (κ1) is 25.6. The number of non-ortho nitro benzene ring substituents is 1. The van der Waals surface area contributed by atoms with Crippen LogP contribution in [0.3, 0.4) is 0 Å². The molecule has 35 heavy (non-hydrogen) atoms. The van der Waals surface area contributed by atoms with Crippen molar-refractivity contribution in [3.8, 4) is 17.2 Å². The van der Waals surface area contributed by atoms with E-state index in [-0.39, 0.29) is 5.69 Å². The number of urea groups is 1. The van der Waals surface area contributed by atoms with Crippen molar-refractivity contribution in [2.75, 3.05) is 26.6 Å². The fraction of sp³-hybridized carbons (Fsp3) is 0.240. The Kier molecular flexibility index (Phi) is 8.38. The van der Waals surface area contributed by atoms with E-state index >= 15 is 0 Å². The predicted octanol–water partition coefficient (Wildman–Crippen LogP) is 5.75. The molecule has 3 rings (SSSR count). The van der Waals surface area contributed by atoms with Gasteiger partial charge in [0, 0.05) is 34.8 Å². The number of hydrogen-bond acceptors (Lipinski definition) is 6. The Morgan fingerprint density at radius 1 is 1.03 bits per heavy atom. The van der Waals surface area contributed by atoms with Crippen LogP contribution in [-0.2, 0) is 6.42 Å². The summed E-state index contributed by atoms with van der Waals surface area (Å²) in [5.41, 5.74) is 2.85. The molecule has 0 aliphatic carbocycles. The molecule has 0 spiro atoms. The van der Waals surface area contributed by atoms with Gasteiger partial charge in [0.05, 0.1) is 32.3 Å². The van der Waals surface area contributed by atoms with Gasteiger partial charge in [0.15, 0.2) is 11.5 Å². The van der Waals surface area contributed by atoms with Crippen LogP contribution in [-0.4, -0.2) is 32.3 Å². The number of nitrogens with zero attached hydrogens (tertiary/aromatic N) is 1. The van der Waals surface area contributed by atoms with Crippen molar-refractivity contribution in [2.24, 2.45) is 0 Å². The van der Waals surface area contributed by atoms with Crippen LogP contribution in [0.4, 0.5) is 16.2 Å². The van der Waals surface area contributed by atoms with Gasteiger partial charge in [-0.05, 0) is 42.3 Å². The molecule has 0 radical (unpaired) electrons. The fourth-order valence-corrected chi connectivity index (χ4v) is 3.94. The minimum Gasteiger partial charge on any atom is -0.493 e. The number of nitrogens with one attached hydrogen (secondary N) is 2. The number of hydrogen-bond donors (Lipinski definition) is 2. The first-order valence-electron chi connectivity index (χ1n) is 10.7. The molecule has 0 bridgehead atoms. The molecule has 0 aliphatic rings. The van der Waals surface area contributed by atoms with E-state index in [4.69, 9.17) is 25.8 Å². The van der Waals surface area contributed by atoms with Gasteiger partial charge < -0.3 is 24.8 Å². The topological polar surface area (TPSA) is 112 Å². The molecular weight excluding hydrogens is 474 g/mol. The Bertz CT molecular complexity index is 1220. The maximum Gasteiger partial charge on any atom is 0.319 e. The number of benzene rings is 3. The summed E-state index contributed by atoms with van der Waals surface area (Å²) in [5, 5.41) is 17.2. The van der Waals surface area contributed by atoms with Crippen molar-refractivity contribution in [3.63, 3.8) is 0 Å². The van der Waals surface area contributed by atoms with Crippen molar-refractivity contribution in [1.29, 1.82) is 0 Å². The molecule has 1 unspecified atom stereocenters. The highest BCUT2D eigenvalue weighted by Crippen LogP contribution is 2.44. The van der Waals surface area contributed by atoms with E-state index in [1.54, 1.807) is 42.5 Å². The van der Waals surface area contributed by atoms with Crippen molar-refractivity contribution in [2.45, 2.75) is 19.4 Å². The molecule has 9 nitrogen and oxygen atoms in total. The summed E-state index contributed by atoms with van der Waals surface area (Å²) < 4.78 is 16.7. The largest absolute Gasteiger partial charge is 0.493 e. The third-order valence-electron chi connectivity index (χ3n) is 5.39. The number of nitro groups is 1. The quantitative estimate of drug-likeness (QED) is 0.286. The van der Waals surface area contributed by atoms with E-state index < -0.39 is 17.0 Å². The van der Waals surface area contributed by atoms with Gasteiger partial charge in [-0.1, -0.05) is 29.8 Å². The number of methoxy groups -OCH3 is 3. The molecule has 0 saturated heterocycles. The van der Waals surface area contributed by atoms with E-state index in [2.05, 4.69) is 10.6 Å². The molecule has 0 aromatic heterocycles. The summed E-state index contributed by atoms with van der Waals surface area (Å²) in [6.45, 7) is 1.83. The minimum atomic E-state index is -0.462. The molecule has 2 N–H and O–H groups in total. The minimum absolute atomic E-state index is 0.000899. The lowest BCUT2D eigenvalue weighted by Gasteiger charge is -2.24. The predicted molar refractivity (Wildman–Crippen MR) is 134 cm³/mol. The van der Waals surface area contributed by atoms with Crippen LogP contribution < -0.4 is 24.8 Å². The summed E-state index contributed by atoms with van der Waals surface area (Å²) in [6.07, 6.45) is 0.374. The molecule has 3 aromatic rings. The standard InChI is InChI=1S/C25H26ClN3O6/c1-15(27-25(30)28-18-7-5-6-17(26)13-18)20-14-22(33-2)24(35-4)23(34-3)21(20)12-16-8-10-19(11-9-16)29(31)32/h5-11,13-15H,12H2,1-4H3,(H2,27,28,30). The second-order valence-corrected chi connectivity index (χ2v) is 8.08. The van der Waals surface area contributed by atoms with Crippen LogP contribution >= 0.6 is 11.6 Å². The number of halogens is 1. The zero-order valence-electron chi connectivity index (χ0n) is 19.8. The molecule has 184 valence electrons. The lowest BCUT2D eigenvalue weighted by molar-refractivity contribution is -0.384. The average molecular weight is 500 g/mol. The van der Waals surface area contributed by atoms with Gasteiger partial charge in [-0.15, -0.1) is 0 Å². The maximum atomic E-state index is 12.7. The van der Waals surface area contributed by atoms with Crippen molar-refractivity contribution in [3.05, 3.63) is 86.4 Å². The molecule has 0 aliphatic heterocycles. The highest BCUT2D eigenvalue weighted by molar-refractivity contribution is 6.30. The molecule has 0 saturated carbocycles. The van der Waals surface area contributed by atoms with Crippen LogP contribution in [0, 0.1) is 10.1 Å². The number of amides is 2. The van der Waals surface area contributed by atoms with Crippen molar-refractivity contribution < 1.29 is 23.9 Å². The van der Waals surface area contributed by atoms with E-state index in [9.17, 15) is 14.9 Å². The normalized spacial score (nSPS) is 11.3. The molecule has 1 atom stereocenters. The lowest BCUT2D eigenvalue weighted by atomic mass is 9.93. The average Bonchev–Trinajstić information content (AvgIpc) is 2.83. The second kappa shape index (κ2) is 11.4. The zero-order valence-corrected chi connectivity index (χ0v) is 20.5. The van der Waals surface area contributed by atoms with E-state index in [0.29, 0.717) is 34.4 Å². The Hall–Kier alpha value is -3.98. The van der Waals surface area contributed by atoms with Crippen LogP contribution in [0.1, 0.15) is 29.7 Å². The zero-order chi connectivity index (χ0) is 25.5. The lowest BCUT2D eigenvalue weighted by Crippen LogP contribution is -2.31. The van der Waals surface area contributed by atoms with Crippen LogP contribution in [0.5, 0.6) is 17.2 Å². The molecule has 3 aromatic carbocycles. The van der Waals surface area contributed by atoms with Gasteiger partial charge in [-0.2, -0.15) is 0 Å². The number of anilines is 1. The van der Waals surface area contributed by atoms with Gasteiger partial charge in [0.2, 0.25) is 5.75 Å². The highest BCUT2D eigenvalue weighted by Gasteiger charge is 2.24. The second-order valence-electron chi connectivity index (χ2n) is 7.64. The van der Waals surface area contributed by atoms with Crippen LogP contribution in [0.15, 0.2) is 54.6 Å². The number of carbonyl (C=O) groups excluding carboxylic acids is 1. The van der Waals surface area contributed by atoms with E-state index in [0.717, 1.165) is 16.7 Å². The third-order valence-corrected chi connectivity index (χ3v) is 5.63. The maximum absolute atomic E-state index is 12.7. The Morgan fingerprint density at radius 3 is 2.29 bits per heavy atom. The number of rotatable bonds is 9. The Balaban J connectivity index is 1.97. The van der Waals surface area contributed by atoms with Crippen LogP contribution in [0.2, 0.25) is 5.02 Å². The number of ether oxygens (including phenoxy) is 3. The smallest absolute Gasteiger partial charge is 0.319 e. The van der Waals surface area contributed by atoms with Gasteiger partial charge in [0.25, 0.3) is 5.69 Å². The highest BCUT2D eigenvalue weighted by atomic mass is 35.5. The van der Waals surface area contributed by atoms with E-state index in [1.165, 1.54) is 33.5 Å². The third kappa shape index (κ3) is 6.13. The van der Waals surface area contributed by atoms with E-state index in [1.807, 2.05) is 6.92 Å². The SMILES string of the molecule is COc1cc(C(C)NC(=O)Nc2cccc(Cl)c2)c(Cc2ccc([N+](=O)[O-])cc2)c(OC)c1OC. The summed E-state index contributed by atoms with van der Waals surface area (Å²) in [6, 6.07) is 14.0. The first-order valence-corrected chi connectivity index (χ1v) is 11.0. The van der Waals surface area contributed by atoms with Crippen molar-refractivity contribution in [1.82, 2.24) is 5.32 Å². The Labute approximate surface area is 208 Å². The summed E-state index contributed by atoms with van der Waals surface area (Å²) >= 11 is 6.00. The first-order chi connectivity index (χ1) is 16.8. The van der Waals surface area contributed by atoms with Gasteiger partial charge in [-0.25, -0.2) is 4.79 Å². The number of carbonyl (C=O) groups is 1. The van der Waals surface area contributed by atoms with Crippen LogP contribution in [0.25, 0.3) is 0 Å². The molecule has 0 heterocycles. The molecule has 2 amide bonds. The summed E-state index contributed by atoms with van der Waals surface area (Å²) in [5.74, 6) is 1.30. The summed E-state index contributed by atoms with van der Waals surface area (Å²) in [7, 11) is 4.54. The summed E-state index contributed by atoms with van der Waals surface area (Å²) in [4.78, 5) is 23.3. The van der Waals surface area contributed by atoms with Gasteiger partial charge in [0.1, 0.15) is 0 Å². The molecular formula is C25H26ClN3O6. The van der Waals surface area contributed by atoms with Gasteiger partial charge >= 0.3 is 6.03 Å².